The lowest BCUT2D eigenvalue weighted by Crippen LogP contribution is -2.39. The number of nitrogens with one attached hydrogen (secondary N) is 2. The zero-order valence-electron chi connectivity index (χ0n) is 11.4. The quantitative estimate of drug-likeness (QED) is 0.792. The van der Waals surface area contributed by atoms with Crippen LogP contribution in [-0.4, -0.2) is 42.7 Å². The minimum atomic E-state index is -0.517. The first-order chi connectivity index (χ1) is 9.13. The Morgan fingerprint density at radius 3 is 2.95 bits per heavy atom. The Labute approximate surface area is 113 Å². The first-order valence-electron chi connectivity index (χ1n) is 6.49. The van der Waals surface area contributed by atoms with Gasteiger partial charge in [-0.3, -0.25) is 0 Å². The van der Waals surface area contributed by atoms with Crippen LogP contribution in [0.25, 0.3) is 0 Å². The topological polar surface area (TPSA) is 76.1 Å². The Bertz CT molecular complexity index is 444. The van der Waals surface area contributed by atoms with Crippen molar-refractivity contribution in [2.24, 2.45) is 5.41 Å². The van der Waals surface area contributed by atoms with Gasteiger partial charge in [0.15, 0.2) is 0 Å². The number of hydrogen-bond acceptors (Lipinski definition) is 6. The molecule has 0 unspecified atom stereocenters. The highest BCUT2D eigenvalue weighted by molar-refractivity contribution is 5.85. The van der Waals surface area contributed by atoms with Gasteiger partial charge < -0.3 is 15.4 Å². The number of rotatable bonds is 4. The van der Waals surface area contributed by atoms with Crippen LogP contribution in [0.4, 0.5) is 5.82 Å². The van der Waals surface area contributed by atoms with E-state index in [2.05, 4.69) is 32.3 Å². The summed E-state index contributed by atoms with van der Waals surface area (Å²) in [5.74, 6) is 0.231. The van der Waals surface area contributed by atoms with Crippen molar-refractivity contribution in [3.05, 3.63) is 18.1 Å². The molecular weight excluding hydrogens is 244 g/mol. The summed E-state index contributed by atoms with van der Waals surface area (Å²) in [6.07, 6.45) is 3.83. The molecule has 1 aromatic rings. The van der Waals surface area contributed by atoms with Crippen LogP contribution in [0, 0.1) is 5.41 Å². The molecule has 0 spiro atoms. The van der Waals surface area contributed by atoms with E-state index < -0.39 is 5.97 Å². The minimum absolute atomic E-state index is 0.0861. The van der Waals surface area contributed by atoms with Gasteiger partial charge >= 0.3 is 5.97 Å². The van der Waals surface area contributed by atoms with Crippen LogP contribution >= 0.6 is 0 Å². The van der Waals surface area contributed by atoms with Gasteiger partial charge in [-0.15, -0.1) is 0 Å². The predicted molar refractivity (Wildman–Crippen MR) is 72.1 cm³/mol. The standard InChI is InChI=1S/C13H20N4O2/c1-13(4-7-14-8-5-13)9-16-10-3-6-15-11(17-10)12(18)19-2/h3,6,14H,4-5,7-9H2,1-2H3,(H,15,16,17). The average molecular weight is 264 g/mol. The van der Waals surface area contributed by atoms with Crippen molar-refractivity contribution >= 4 is 11.8 Å². The van der Waals surface area contributed by atoms with Crippen LogP contribution in [0.2, 0.25) is 0 Å². The van der Waals surface area contributed by atoms with Crippen LogP contribution in [0.3, 0.4) is 0 Å². The molecule has 6 nitrogen and oxygen atoms in total. The molecule has 19 heavy (non-hydrogen) atoms. The van der Waals surface area contributed by atoms with Crippen molar-refractivity contribution in [1.82, 2.24) is 15.3 Å². The summed E-state index contributed by atoms with van der Waals surface area (Å²) in [6, 6.07) is 1.76. The van der Waals surface area contributed by atoms with Crippen molar-refractivity contribution in [1.29, 1.82) is 0 Å². The minimum Gasteiger partial charge on any atom is -0.463 e. The Morgan fingerprint density at radius 1 is 1.53 bits per heavy atom. The smallest absolute Gasteiger partial charge is 0.376 e. The molecule has 1 aromatic heterocycles. The van der Waals surface area contributed by atoms with E-state index in [4.69, 9.17) is 0 Å². The number of carbonyl (C=O) groups is 1. The number of aromatic nitrogens is 2. The number of methoxy groups -OCH3 is 1. The Balaban J connectivity index is 1.97. The van der Waals surface area contributed by atoms with E-state index in [1.807, 2.05) is 0 Å². The van der Waals surface area contributed by atoms with Crippen molar-refractivity contribution < 1.29 is 9.53 Å². The molecule has 2 N–H and O–H groups in total. The second kappa shape index (κ2) is 5.97. The lowest BCUT2D eigenvalue weighted by molar-refractivity contribution is 0.0587. The highest BCUT2D eigenvalue weighted by atomic mass is 16.5. The van der Waals surface area contributed by atoms with Gasteiger partial charge in [0.25, 0.3) is 0 Å². The van der Waals surface area contributed by atoms with Gasteiger partial charge in [-0.2, -0.15) is 0 Å². The maximum absolute atomic E-state index is 11.4. The molecule has 0 aliphatic carbocycles. The molecule has 2 heterocycles. The third kappa shape index (κ3) is 3.64. The van der Waals surface area contributed by atoms with Crippen LogP contribution in [0.1, 0.15) is 30.4 Å². The van der Waals surface area contributed by atoms with E-state index in [0.29, 0.717) is 5.82 Å². The maximum Gasteiger partial charge on any atom is 0.376 e. The number of ether oxygens (including phenoxy) is 1. The summed E-state index contributed by atoms with van der Waals surface area (Å²) in [5.41, 5.74) is 0.266. The molecule has 1 aliphatic heterocycles. The predicted octanol–water partition coefficient (Wildman–Crippen LogP) is 1.06. The maximum atomic E-state index is 11.4. The van der Waals surface area contributed by atoms with Gasteiger partial charge in [-0.05, 0) is 37.4 Å². The lowest BCUT2D eigenvalue weighted by Gasteiger charge is -2.34. The lowest BCUT2D eigenvalue weighted by atomic mass is 9.81. The number of anilines is 1. The van der Waals surface area contributed by atoms with E-state index in [-0.39, 0.29) is 11.2 Å². The van der Waals surface area contributed by atoms with Crippen LogP contribution < -0.4 is 10.6 Å². The third-order valence-electron chi connectivity index (χ3n) is 3.53. The zero-order valence-corrected chi connectivity index (χ0v) is 11.4. The summed E-state index contributed by atoms with van der Waals surface area (Å²) in [4.78, 5) is 19.4. The van der Waals surface area contributed by atoms with Gasteiger partial charge in [0, 0.05) is 12.7 Å². The van der Waals surface area contributed by atoms with Crippen LogP contribution in [0.5, 0.6) is 0 Å². The first-order valence-corrected chi connectivity index (χ1v) is 6.49. The number of nitrogens with zero attached hydrogens (tertiary/aromatic N) is 2. The molecule has 0 amide bonds. The molecule has 2 rings (SSSR count). The fourth-order valence-corrected chi connectivity index (χ4v) is 2.16. The number of hydrogen-bond donors (Lipinski definition) is 2. The van der Waals surface area contributed by atoms with Gasteiger partial charge in [0.1, 0.15) is 5.82 Å². The van der Waals surface area contributed by atoms with Crippen molar-refractivity contribution in [3.8, 4) is 0 Å². The van der Waals surface area contributed by atoms with Gasteiger partial charge in [0.2, 0.25) is 5.82 Å². The largest absolute Gasteiger partial charge is 0.463 e. The molecule has 0 saturated carbocycles. The summed E-state index contributed by atoms with van der Waals surface area (Å²) in [5, 5.41) is 6.64. The highest BCUT2D eigenvalue weighted by Gasteiger charge is 2.26. The highest BCUT2D eigenvalue weighted by Crippen LogP contribution is 2.27. The summed E-state index contributed by atoms with van der Waals surface area (Å²) < 4.78 is 4.61. The first kappa shape index (κ1) is 13.7. The summed E-state index contributed by atoms with van der Waals surface area (Å²) in [7, 11) is 1.32. The van der Waals surface area contributed by atoms with E-state index in [0.717, 1.165) is 32.5 Å². The Kier molecular flexibility index (Phi) is 4.31. The molecular formula is C13H20N4O2. The SMILES string of the molecule is COC(=O)c1nccc(NCC2(C)CCNCC2)n1. The second-order valence-corrected chi connectivity index (χ2v) is 5.17. The van der Waals surface area contributed by atoms with E-state index in [1.165, 1.54) is 7.11 Å². The number of piperidine rings is 1. The molecule has 0 atom stereocenters. The number of esters is 1. The van der Waals surface area contributed by atoms with Gasteiger partial charge in [0.05, 0.1) is 7.11 Å². The van der Waals surface area contributed by atoms with Gasteiger partial charge in [-0.25, -0.2) is 14.8 Å². The zero-order chi connectivity index (χ0) is 13.7. The molecule has 104 valence electrons. The molecule has 0 aromatic carbocycles. The normalized spacial score (nSPS) is 17.8. The number of carbonyl (C=O) groups excluding carboxylic acids is 1. The molecule has 1 saturated heterocycles. The molecule has 1 fully saturated rings. The third-order valence-corrected chi connectivity index (χ3v) is 3.53. The fraction of sp³-hybridized carbons (Fsp3) is 0.615. The average Bonchev–Trinajstić information content (AvgIpc) is 2.45. The molecule has 6 heteroatoms. The summed E-state index contributed by atoms with van der Waals surface area (Å²) in [6.45, 7) is 5.21. The van der Waals surface area contributed by atoms with Crippen molar-refractivity contribution in [3.63, 3.8) is 0 Å². The second-order valence-electron chi connectivity index (χ2n) is 5.17. The van der Waals surface area contributed by atoms with E-state index in [1.54, 1.807) is 12.3 Å². The monoisotopic (exact) mass is 264 g/mol. The van der Waals surface area contributed by atoms with Crippen LogP contribution in [0.15, 0.2) is 12.3 Å². The van der Waals surface area contributed by atoms with Crippen LogP contribution in [-0.2, 0) is 4.74 Å². The Morgan fingerprint density at radius 2 is 2.26 bits per heavy atom. The Hall–Kier alpha value is -1.69. The van der Waals surface area contributed by atoms with Gasteiger partial charge in [-0.1, -0.05) is 6.92 Å². The van der Waals surface area contributed by atoms with Crippen molar-refractivity contribution in [2.45, 2.75) is 19.8 Å². The molecule has 0 bridgehead atoms. The van der Waals surface area contributed by atoms with E-state index in [9.17, 15) is 4.79 Å². The summed E-state index contributed by atoms with van der Waals surface area (Å²) >= 11 is 0. The fourth-order valence-electron chi connectivity index (χ4n) is 2.16. The van der Waals surface area contributed by atoms with E-state index >= 15 is 0 Å². The molecule has 0 radical (unpaired) electrons. The van der Waals surface area contributed by atoms with Crippen molar-refractivity contribution in [2.75, 3.05) is 32.1 Å². The molecule has 1 aliphatic rings.